The minimum atomic E-state index is -0.281. The third kappa shape index (κ3) is 2.37. The van der Waals surface area contributed by atoms with Gasteiger partial charge in [-0.15, -0.1) is 0 Å². The van der Waals surface area contributed by atoms with Gasteiger partial charge in [0.15, 0.2) is 0 Å². The first-order chi connectivity index (χ1) is 10.8. The second-order valence-electron chi connectivity index (χ2n) is 5.50. The molecule has 3 rings (SSSR count). The third-order valence-electron chi connectivity index (χ3n) is 4.04. The van der Waals surface area contributed by atoms with Gasteiger partial charge in [-0.1, -0.05) is 50.2 Å². The Kier molecular flexibility index (Phi) is 4.14. The van der Waals surface area contributed by atoms with E-state index in [1.807, 2.05) is 38.1 Å². The van der Waals surface area contributed by atoms with Gasteiger partial charge in [-0.25, -0.2) is 4.79 Å². The monoisotopic (exact) mass is 295 g/mol. The molecular formula is C19H21NO2. The van der Waals surface area contributed by atoms with Crippen LogP contribution in [0.2, 0.25) is 0 Å². The van der Waals surface area contributed by atoms with Crippen LogP contribution >= 0.6 is 0 Å². The Morgan fingerprint density at radius 2 is 1.55 bits per heavy atom. The van der Waals surface area contributed by atoms with Crippen molar-refractivity contribution in [1.29, 1.82) is 0 Å². The summed E-state index contributed by atoms with van der Waals surface area (Å²) in [7, 11) is 0. The second-order valence-corrected chi connectivity index (χ2v) is 5.50. The molecule has 1 aromatic heterocycles. The number of ether oxygens (including phenoxy) is 1. The van der Waals surface area contributed by atoms with E-state index in [0.29, 0.717) is 13.0 Å². The highest BCUT2D eigenvalue weighted by Crippen LogP contribution is 2.33. The van der Waals surface area contributed by atoms with Crippen molar-refractivity contribution in [2.24, 2.45) is 0 Å². The molecule has 0 saturated heterocycles. The number of fused-ring (bicyclic) bond motifs is 3. The number of carbonyl (C=O) groups excluding carboxylic acids is 1. The van der Waals surface area contributed by atoms with Gasteiger partial charge >= 0.3 is 5.97 Å². The maximum atomic E-state index is 12.5. The average Bonchev–Trinajstić information content (AvgIpc) is 2.89. The Hall–Kier alpha value is -2.29. The van der Waals surface area contributed by atoms with Gasteiger partial charge in [0.05, 0.1) is 6.61 Å². The molecule has 0 amide bonds. The molecule has 0 N–H and O–H groups in total. The van der Waals surface area contributed by atoms with Gasteiger partial charge in [0, 0.05) is 21.8 Å². The highest BCUT2D eigenvalue weighted by Gasteiger charge is 2.24. The minimum absolute atomic E-state index is 0.143. The van der Waals surface area contributed by atoms with E-state index in [-0.39, 0.29) is 12.0 Å². The summed E-state index contributed by atoms with van der Waals surface area (Å²) in [5.41, 5.74) is 2.17. The lowest BCUT2D eigenvalue weighted by Gasteiger charge is -2.18. The maximum absolute atomic E-state index is 12.5. The van der Waals surface area contributed by atoms with Crippen LogP contribution in [-0.4, -0.2) is 17.1 Å². The summed E-state index contributed by atoms with van der Waals surface area (Å²) in [6.07, 6.45) is 1.56. The molecule has 0 aliphatic rings. The zero-order valence-corrected chi connectivity index (χ0v) is 13.1. The number of benzene rings is 2. The van der Waals surface area contributed by atoms with E-state index in [4.69, 9.17) is 4.74 Å². The van der Waals surface area contributed by atoms with E-state index in [2.05, 4.69) is 28.8 Å². The fourth-order valence-electron chi connectivity index (χ4n) is 3.04. The van der Waals surface area contributed by atoms with Crippen molar-refractivity contribution in [3.05, 3.63) is 48.5 Å². The molecule has 0 bridgehead atoms. The summed E-state index contributed by atoms with van der Waals surface area (Å²) < 4.78 is 7.53. The van der Waals surface area contributed by atoms with Crippen molar-refractivity contribution in [2.75, 3.05) is 6.61 Å². The smallest absolute Gasteiger partial charge is 0.329 e. The quantitative estimate of drug-likeness (QED) is 0.639. The number of rotatable bonds is 5. The van der Waals surface area contributed by atoms with Gasteiger partial charge in [-0.05, 0) is 25.0 Å². The Morgan fingerprint density at radius 3 is 2.05 bits per heavy atom. The van der Waals surface area contributed by atoms with Gasteiger partial charge in [0.25, 0.3) is 0 Å². The predicted molar refractivity (Wildman–Crippen MR) is 90.0 cm³/mol. The summed E-state index contributed by atoms with van der Waals surface area (Å²) in [5.74, 6) is -0.143. The molecule has 3 heteroatoms. The number of para-hydroxylation sites is 2. The topological polar surface area (TPSA) is 31.2 Å². The Bertz CT molecular complexity index is 750. The maximum Gasteiger partial charge on any atom is 0.329 e. The minimum Gasteiger partial charge on any atom is -0.464 e. The van der Waals surface area contributed by atoms with E-state index in [9.17, 15) is 4.79 Å². The van der Waals surface area contributed by atoms with Crippen LogP contribution in [0.5, 0.6) is 0 Å². The molecule has 1 atom stereocenters. The summed E-state index contributed by atoms with van der Waals surface area (Å²) in [6.45, 7) is 4.52. The Morgan fingerprint density at radius 1 is 1.00 bits per heavy atom. The lowest BCUT2D eigenvalue weighted by molar-refractivity contribution is -0.147. The van der Waals surface area contributed by atoms with Crippen LogP contribution < -0.4 is 0 Å². The third-order valence-corrected chi connectivity index (χ3v) is 4.04. The summed E-state index contributed by atoms with van der Waals surface area (Å²) in [5, 5.41) is 2.36. The second kappa shape index (κ2) is 6.22. The first kappa shape index (κ1) is 14.6. The van der Waals surface area contributed by atoms with Crippen LogP contribution in [0.25, 0.3) is 21.8 Å². The average molecular weight is 295 g/mol. The van der Waals surface area contributed by atoms with Crippen molar-refractivity contribution < 1.29 is 9.53 Å². The Labute approximate surface area is 130 Å². The summed E-state index contributed by atoms with van der Waals surface area (Å²) in [6, 6.07) is 16.2. The van der Waals surface area contributed by atoms with Crippen LogP contribution in [0.1, 0.15) is 32.7 Å². The van der Waals surface area contributed by atoms with E-state index in [1.54, 1.807) is 0 Å². The van der Waals surface area contributed by atoms with E-state index < -0.39 is 0 Å². The standard InChI is InChI=1S/C19H21NO2/c1-3-13-22-19(21)16(4-2)20-17-11-7-5-9-14(17)15-10-6-8-12-18(15)20/h5-12,16H,3-4,13H2,1-2H3. The van der Waals surface area contributed by atoms with Gasteiger partial charge < -0.3 is 9.30 Å². The summed E-state index contributed by atoms with van der Waals surface area (Å²) in [4.78, 5) is 12.5. The van der Waals surface area contributed by atoms with Crippen LogP contribution in [0, 0.1) is 0 Å². The van der Waals surface area contributed by atoms with Crippen molar-refractivity contribution in [2.45, 2.75) is 32.7 Å². The zero-order valence-electron chi connectivity index (χ0n) is 13.1. The number of aromatic nitrogens is 1. The molecule has 114 valence electrons. The molecule has 1 unspecified atom stereocenters. The zero-order chi connectivity index (χ0) is 15.5. The largest absolute Gasteiger partial charge is 0.464 e. The van der Waals surface area contributed by atoms with Gasteiger partial charge in [-0.3, -0.25) is 0 Å². The normalized spacial score (nSPS) is 12.6. The number of carbonyl (C=O) groups is 1. The lowest BCUT2D eigenvalue weighted by atomic mass is 10.2. The van der Waals surface area contributed by atoms with Crippen LogP contribution in [0.4, 0.5) is 0 Å². The van der Waals surface area contributed by atoms with E-state index in [0.717, 1.165) is 17.5 Å². The van der Waals surface area contributed by atoms with Crippen molar-refractivity contribution >= 4 is 27.8 Å². The van der Waals surface area contributed by atoms with Gasteiger partial charge in [-0.2, -0.15) is 0 Å². The molecule has 1 heterocycles. The fourth-order valence-corrected chi connectivity index (χ4v) is 3.04. The van der Waals surface area contributed by atoms with Crippen molar-refractivity contribution in [3.63, 3.8) is 0 Å². The number of hydrogen-bond acceptors (Lipinski definition) is 2. The molecule has 22 heavy (non-hydrogen) atoms. The molecule has 0 spiro atoms. The lowest BCUT2D eigenvalue weighted by Crippen LogP contribution is -2.21. The first-order valence-electron chi connectivity index (χ1n) is 7.92. The highest BCUT2D eigenvalue weighted by atomic mass is 16.5. The number of nitrogens with zero attached hydrogens (tertiary/aromatic N) is 1. The van der Waals surface area contributed by atoms with E-state index in [1.165, 1.54) is 10.8 Å². The molecule has 0 saturated carbocycles. The summed E-state index contributed by atoms with van der Waals surface area (Å²) >= 11 is 0. The molecule has 0 aliphatic heterocycles. The molecule has 0 radical (unpaired) electrons. The van der Waals surface area contributed by atoms with Crippen LogP contribution in [0.15, 0.2) is 48.5 Å². The van der Waals surface area contributed by atoms with Gasteiger partial charge in [0.2, 0.25) is 0 Å². The Balaban J connectivity index is 2.20. The number of esters is 1. The predicted octanol–water partition coefficient (Wildman–Crippen LogP) is 4.70. The van der Waals surface area contributed by atoms with E-state index >= 15 is 0 Å². The molecule has 3 nitrogen and oxygen atoms in total. The molecule has 2 aromatic carbocycles. The van der Waals surface area contributed by atoms with Gasteiger partial charge in [0.1, 0.15) is 6.04 Å². The SMILES string of the molecule is CCCOC(=O)C(CC)n1c2ccccc2c2ccccc21. The van der Waals surface area contributed by atoms with Crippen LogP contribution in [-0.2, 0) is 9.53 Å². The number of hydrogen-bond donors (Lipinski definition) is 0. The molecule has 3 aromatic rings. The first-order valence-corrected chi connectivity index (χ1v) is 7.92. The molecule has 0 fully saturated rings. The highest BCUT2D eigenvalue weighted by molar-refractivity contribution is 6.08. The molecular weight excluding hydrogens is 274 g/mol. The van der Waals surface area contributed by atoms with Crippen molar-refractivity contribution in [3.8, 4) is 0 Å². The van der Waals surface area contributed by atoms with Crippen molar-refractivity contribution in [1.82, 2.24) is 4.57 Å². The van der Waals surface area contributed by atoms with Crippen LogP contribution in [0.3, 0.4) is 0 Å². The fraction of sp³-hybridized carbons (Fsp3) is 0.316. The molecule has 0 aliphatic carbocycles.